The van der Waals surface area contributed by atoms with Crippen molar-refractivity contribution < 1.29 is 4.84 Å². The summed E-state index contributed by atoms with van der Waals surface area (Å²) < 4.78 is 0. The van der Waals surface area contributed by atoms with Crippen LogP contribution in [0.5, 0.6) is 0 Å². The van der Waals surface area contributed by atoms with Crippen LogP contribution in [0.1, 0.15) is 12.0 Å². The minimum Gasteiger partial charge on any atom is -0.388 e. The summed E-state index contributed by atoms with van der Waals surface area (Å²) in [5.74, 6) is 0. The zero-order valence-corrected chi connectivity index (χ0v) is 7.18. The summed E-state index contributed by atoms with van der Waals surface area (Å²) >= 11 is 0. The molecule has 13 heavy (non-hydrogen) atoms. The van der Waals surface area contributed by atoms with Crippen LogP contribution in [-0.4, -0.2) is 16.8 Å². The van der Waals surface area contributed by atoms with Gasteiger partial charge in [-0.2, -0.15) is 0 Å². The normalized spacial score (nSPS) is 20.6. The third kappa shape index (κ3) is 1.59. The SMILES string of the molecule is C=CC1CC(c2ccncc2)=NO1. The van der Waals surface area contributed by atoms with E-state index >= 15 is 0 Å². The van der Waals surface area contributed by atoms with E-state index < -0.39 is 0 Å². The lowest BCUT2D eigenvalue weighted by atomic mass is 10.1. The molecule has 0 spiro atoms. The van der Waals surface area contributed by atoms with Gasteiger partial charge in [-0.15, -0.1) is 0 Å². The average molecular weight is 174 g/mol. The van der Waals surface area contributed by atoms with Crippen molar-refractivity contribution in [3.05, 3.63) is 42.7 Å². The van der Waals surface area contributed by atoms with Crippen molar-refractivity contribution in [2.45, 2.75) is 12.5 Å². The largest absolute Gasteiger partial charge is 0.388 e. The van der Waals surface area contributed by atoms with E-state index in [1.165, 1.54) is 0 Å². The highest BCUT2D eigenvalue weighted by Crippen LogP contribution is 2.16. The maximum Gasteiger partial charge on any atom is 0.151 e. The van der Waals surface area contributed by atoms with Crippen LogP contribution in [-0.2, 0) is 4.84 Å². The fourth-order valence-corrected chi connectivity index (χ4v) is 1.24. The lowest BCUT2D eigenvalue weighted by Crippen LogP contribution is -2.04. The average Bonchev–Trinajstić information content (AvgIpc) is 2.67. The molecule has 1 atom stereocenters. The van der Waals surface area contributed by atoms with Crippen molar-refractivity contribution in [3.63, 3.8) is 0 Å². The quantitative estimate of drug-likeness (QED) is 0.640. The third-order valence-electron chi connectivity index (χ3n) is 1.97. The molecule has 2 rings (SSSR count). The molecule has 0 bridgehead atoms. The lowest BCUT2D eigenvalue weighted by Gasteiger charge is -1.98. The maximum absolute atomic E-state index is 5.12. The third-order valence-corrected chi connectivity index (χ3v) is 1.97. The molecule has 66 valence electrons. The summed E-state index contributed by atoms with van der Waals surface area (Å²) in [6.45, 7) is 3.66. The van der Waals surface area contributed by atoms with E-state index in [4.69, 9.17) is 4.84 Å². The van der Waals surface area contributed by atoms with Crippen LogP contribution in [0.25, 0.3) is 0 Å². The topological polar surface area (TPSA) is 34.5 Å². The number of pyridine rings is 1. The summed E-state index contributed by atoms with van der Waals surface area (Å²) in [6, 6.07) is 3.85. The van der Waals surface area contributed by atoms with Gasteiger partial charge in [-0.1, -0.05) is 11.7 Å². The van der Waals surface area contributed by atoms with E-state index in [0.29, 0.717) is 0 Å². The van der Waals surface area contributed by atoms with Gasteiger partial charge in [0.1, 0.15) is 0 Å². The second kappa shape index (κ2) is 3.39. The van der Waals surface area contributed by atoms with Crippen molar-refractivity contribution in [3.8, 4) is 0 Å². The highest BCUT2D eigenvalue weighted by Gasteiger charge is 2.18. The van der Waals surface area contributed by atoms with Crippen molar-refractivity contribution in [2.75, 3.05) is 0 Å². The van der Waals surface area contributed by atoms with Crippen molar-refractivity contribution in [2.24, 2.45) is 5.16 Å². The van der Waals surface area contributed by atoms with Crippen LogP contribution in [0, 0.1) is 0 Å². The Balaban J connectivity index is 2.17. The molecule has 3 nitrogen and oxygen atoms in total. The van der Waals surface area contributed by atoms with Gasteiger partial charge in [0.2, 0.25) is 0 Å². The van der Waals surface area contributed by atoms with Gasteiger partial charge in [-0.3, -0.25) is 4.98 Å². The molecule has 0 fully saturated rings. The van der Waals surface area contributed by atoms with E-state index in [-0.39, 0.29) is 6.10 Å². The number of nitrogens with zero attached hydrogens (tertiary/aromatic N) is 2. The lowest BCUT2D eigenvalue weighted by molar-refractivity contribution is 0.120. The van der Waals surface area contributed by atoms with Crippen LogP contribution >= 0.6 is 0 Å². The van der Waals surface area contributed by atoms with Gasteiger partial charge < -0.3 is 4.84 Å². The number of hydrogen-bond acceptors (Lipinski definition) is 3. The molecule has 1 aliphatic heterocycles. The first kappa shape index (κ1) is 7.98. The van der Waals surface area contributed by atoms with Crippen LogP contribution in [0.15, 0.2) is 42.3 Å². The Morgan fingerprint density at radius 1 is 1.46 bits per heavy atom. The van der Waals surface area contributed by atoms with Crippen molar-refractivity contribution >= 4 is 5.71 Å². The Morgan fingerprint density at radius 3 is 2.85 bits per heavy atom. The molecule has 1 unspecified atom stereocenters. The smallest absolute Gasteiger partial charge is 0.151 e. The Kier molecular flexibility index (Phi) is 2.08. The molecule has 0 amide bonds. The number of aromatic nitrogens is 1. The fraction of sp³-hybridized carbons (Fsp3) is 0.200. The summed E-state index contributed by atoms with van der Waals surface area (Å²) in [5, 5.41) is 3.98. The molecule has 3 heteroatoms. The van der Waals surface area contributed by atoms with E-state index in [0.717, 1.165) is 17.7 Å². The maximum atomic E-state index is 5.12. The van der Waals surface area contributed by atoms with Crippen LogP contribution < -0.4 is 0 Å². The predicted octanol–water partition coefficient (Wildman–Crippen LogP) is 1.76. The molecule has 1 aliphatic rings. The van der Waals surface area contributed by atoms with Gasteiger partial charge in [0.05, 0.1) is 5.71 Å². The summed E-state index contributed by atoms with van der Waals surface area (Å²) in [4.78, 5) is 9.06. The van der Waals surface area contributed by atoms with Crippen molar-refractivity contribution in [1.82, 2.24) is 4.98 Å². The second-order valence-corrected chi connectivity index (χ2v) is 2.86. The van der Waals surface area contributed by atoms with Gasteiger partial charge in [0, 0.05) is 24.4 Å². The fourth-order valence-electron chi connectivity index (χ4n) is 1.24. The molecule has 0 radical (unpaired) electrons. The molecule has 2 heterocycles. The Labute approximate surface area is 76.7 Å². The molecule has 0 saturated carbocycles. The van der Waals surface area contributed by atoms with E-state index in [9.17, 15) is 0 Å². The molecule has 0 aromatic carbocycles. The first-order valence-electron chi connectivity index (χ1n) is 4.16. The van der Waals surface area contributed by atoms with Crippen LogP contribution in [0.2, 0.25) is 0 Å². The minimum absolute atomic E-state index is 0.0307. The first-order valence-corrected chi connectivity index (χ1v) is 4.16. The first-order chi connectivity index (χ1) is 6.40. The van der Waals surface area contributed by atoms with Crippen molar-refractivity contribution in [1.29, 1.82) is 0 Å². The van der Waals surface area contributed by atoms with Crippen LogP contribution in [0.4, 0.5) is 0 Å². The molecular formula is C10H10N2O. The summed E-state index contributed by atoms with van der Waals surface area (Å²) in [5.41, 5.74) is 2.03. The van der Waals surface area contributed by atoms with Crippen LogP contribution in [0.3, 0.4) is 0 Å². The van der Waals surface area contributed by atoms with Gasteiger partial charge in [0.25, 0.3) is 0 Å². The molecule has 0 aliphatic carbocycles. The molecule has 1 aromatic rings. The highest BCUT2D eigenvalue weighted by atomic mass is 16.6. The van der Waals surface area contributed by atoms with Gasteiger partial charge in [-0.25, -0.2) is 0 Å². The molecule has 0 N–H and O–H groups in total. The zero-order valence-electron chi connectivity index (χ0n) is 7.18. The Morgan fingerprint density at radius 2 is 2.23 bits per heavy atom. The number of hydrogen-bond donors (Lipinski definition) is 0. The number of rotatable bonds is 2. The van der Waals surface area contributed by atoms with Gasteiger partial charge in [0.15, 0.2) is 6.10 Å². The molecule has 0 saturated heterocycles. The van der Waals surface area contributed by atoms with E-state index in [1.807, 2.05) is 12.1 Å². The molecular weight excluding hydrogens is 164 g/mol. The summed E-state index contributed by atoms with van der Waals surface area (Å²) in [6.07, 6.45) is 6.09. The highest BCUT2D eigenvalue weighted by molar-refractivity contribution is 6.01. The Hall–Kier alpha value is -1.64. The number of oxime groups is 1. The molecule has 1 aromatic heterocycles. The summed E-state index contributed by atoms with van der Waals surface area (Å²) in [7, 11) is 0. The Bertz CT molecular complexity index is 332. The zero-order chi connectivity index (χ0) is 9.10. The van der Waals surface area contributed by atoms with E-state index in [1.54, 1.807) is 18.5 Å². The second-order valence-electron chi connectivity index (χ2n) is 2.86. The van der Waals surface area contributed by atoms with E-state index in [2.05, 4.69) is 16.7 Å². The van der Waals surface area contributed by atoms with Gasteiger partial charge >= 0.3 is 0 Å². The van der Waals surface area contributed by atoms with Gasteiger partial charge in [-0.05, 0) is 18.2 Å². The standard InChI is InChI=1S/C10H10N2O/c1-2-9-7-10(12-13-9)8-3-5-11-6-4-8/h2-6,9H,1,7H2. The monoisotopic (exact) mass is 174 g/mol. The predicted molar refractivity (Wildman–Crippen MR) is 50.5 cm³/mol. The minimum atomic E-state index is 0.0307.